The van der Waals surface area contributed by atoms with Crippen LogP contribution in [0.2, 0.25) is 0 Å². The molecule has 2 aromatic heterocycles. The highest BCUT2D eigenvalue weighted by atomic mass is 16.5. The van der Waals surface area contributed by atoms with Gasteiger partial charge in [0.15, 0.2) is 5.82 Å². The maximum atomic E-state index is 12.6. The molecule has 1 saturated heterocycles. The van der Waals surface area contributed by atoms with Gasteiger partial charge in [-0.2, -0.15) is 15.1 Å². The molecule has 1 atom stereocenters. The third-order valence-electron chi connectivity index (χ3n) is 4.87. The van der Waals surface area contributed by atoms with Crippen molar-refractivity contribution >= 4 is 17.7 Å². The second-order valence-corrected chi connectivity index (χ2v) is 6.60. The number of hydrogen-bond donors (Lipinski definition) is 1. The summed E-state index contributed by atoms with van der Waals surface area (Å²) in [5.74, 6) is 1.51. The lowest BCUT2D eigenvalue weighted by molar-refractivity contribution is -0.156. The fourth-order valence-corrected chi connectivity index (χ4v) is 3.30. The van der Waals surface area contributed by atoms with E-state index in [0.29, 0.717) is 31.3 Å². The van der Waals surface area contributed by atoms with Crippen LogP contribution in [0, 0.1) is 11.3 Å². The highest BCUT2D eigenvalue weighted by Crippen LogP contribution is 2.40. The first-order chi connectivity index (χ1) is 12.0. The monoisotopic (exact) mass is 344 g/mol. The summed E-state index contributed by atoms with van der Waals surface area (Å²) < 4.78 is 6.98. The summed E-state index contributed by atoms with van der Waals surface area (Å²) >= 11 is 0. The molecule has 0 spiro atoms. The van der Waals surface area contributed by atoms with Gasteiger partial charge in [0.25, 0.3) is 0 Å². The van der Waals surface area contributed by atoms with E-state index in [-0.39, 0.29) is 17.8 Å². The smallest absolute Gasteiger partial charge is 0.314 e. The second-order valence-electron chi connectivity index (χ2n) is 6.60. The molecule has 0 amide bonds. The molecule has 1 aliphatic heterocycles. The summed E-state index contributed by atoms with van der Waals surface area (Å²) in [4.78, 5) is 23.2. The minimum atomic E-state index is -0.526. The first kappa shape index (κ1) is 17.2. The molecule has 1 aliphatic rings. The predicted molar refractivity (Wildman–Crippen MR) is 94.3 cm³/mol. The van der Waals surface area contributed by atoms with Gasteiger partial charge >= 0.3 is 5.97 Å². The molecule has 134 valence electrons. The van der Waals surface area contributed by atoms with Crippen molar-refractivity contribution in [1.29, 1.82) is 0 Å². The number of esters is 1. The van der Waals surface area contributed by atoms with Gasteiger partial charge in [0.2, 0.25) is 5.95 Å². The van der Waals surface area contributed by atoms with E-state index in [1.54, 1.807) is 17.1 Å². The molecule has 8 heteroatoms. The summed E-state index contributed by atoms with van der Waals surface area (Å²) in [6.45, 7) is 7.61. The van der Waals surface area contributed by atoms with Crippen molar-refractivity contribution in [2.75, 3.05) is 30.3 Å². The van der Waals surface area contributed by atoms with Crippen LogP contribution in [0.4, 0.5) is 11.8 Å². The van der Waals surface area contributed by atoms with Gasteiger partial charge in [-0.1, -0.05) is 13.8 Å². The molecular formula is C17H24N6O2. The van der Waals surface area contributed by atoms with Crippen LogP contribution >= 0.6 is 0 Å². The quantitative estimate of drug-likeness (QED) is 0.823. The zero-order valence-electron chi connectivity index (χ0n) is 14.8. The largest absolute Gasteiger partial charge is 0.466 e. The Hall–Kier alpha value is -2.64. The van der Waals surface area contributed by atoms with E-state index in [1.165, 1.54) is 0 Å². The molecule has 0 aliphatic carbocycles. The molecule has 0 aromatic carbocycles. The number of carbonyl (C=O) groups excluding carboxylic acids is 1. The Labute approximate surface area is 147 Å². The highest BCUT2D eigenvalue weighted by molar-refractivity contribution is 5.79. The standard InChI is InChI=1S/C17H24N6O2/c1-4-25-15(24)17(12(2)3)6-9-22(11-17)13-10-14(21-16(18)20-13)23-8-5-7-19-23/h5,7-8,10,12H,4,6,9,11H2,1-3H3,(H2,18,20,21). The average Bonchev–Trinajstić information content (AvgIpc) is 3.25. The third kappa shape index (κ3) is 3.16. The third-order valence-corrected chi connectivity index (χ3v) is 4.87. The Morgan fingerprint density at radius 3 is 2.80 bits per heavy atom. The first-order valence-electron chi connectivity index (χ1n) is 8.53. The average molecular weight is 344 g/mol. The van der Waals surface area contributed by atoms with E-state index < -0.39 is 5.41 Å². The lowest BCUT2D eigenvalue weighted by Gasteiger charge is -2.31. The van der Waals surface area contributed by atoms with Crippen molar-refractivity contribution in [3.05, 3.63) is 24.5 Å². The molecule has 1 fully saturated rings. The number of nitrogens with zero attached hydrogens (tertiary/aromatic N) is 5. The van der Waals surface area contributed by atoms with Crippen molar-refractivity contribution in [1.82, 2.24) is 19.7 Å². The Kier molecular flexibility index (Phi) is 4.61. The molecule has 25 heavy (non-hydrogen) atoms. The Morgan fingerprint density at radius 2 is 2.16 bits per heavy atom. The molecule has 0 radical (unpaired) electrons. The zero-order chi connectivity index (χ0) is 18.0. The number of nitrogens with two attached hydrogens (primary N) is 1. The molecule has 3 rings (SSSR count). The summed E-state index contributed by atoms with van der Waals surface area (Å²) in [7, 11) is 0. The summed E-state index contributed by atoms with van der Waals surface area (Å²) in [6, 6.07) is 3.66. The highest BCUT2D eigenvalue weighted by Gasteiger charge is 2.48. The van der Waals surface area contributed by atoms with Crippen LogP contribution in [0.15, 0.2) is 24.5 Å². The van der Waals surface area contributed by atoms with Crippen molar-refractivity contribution in [3.8, 4) is 5.82 Å². The molecule has 3 heterocycles. The van der Waals surface area contributed by atoms with Gasteiger partial charge in [-0.15, -0.1) is 0 Å². The molecule has 2 N–H and O–H groups in total. The number of aromatic nitrogens is 4. The van der Waals surface area contributed by atoms with E-state index in [4.69, 9.17) is 10.5 Å². The Morgan fingerprint density at radius 1 is 1.40 bits per heavy atom. The van der Waals surface area contributed by atoms with Gasteiger partial charge in [-0.05, 0) is 25.3 Å². The number of anilines is 2. The minimum Gasteiger partial charge on any atom is -0.466 e. The topological polar surface area (TPSA) is 99.2 Å². The van der Waals surface area contributed by atoms with E-state index >= 15 is 0 Å². The summed E-state index contributed by atoms with van der Waals surface area (Å²) in [6.07, 6.45) is 4.20. The van der Waals surface area contributed by atoms with Gasteiger partial charge < -0.3 is 15.4 Å². The van der Waals surface area contributed by atoms with Crippen LogP contribution in [-0.2, 0) is 9.53 Å². The van der Waals surface area contributed by atoms with Gasteiger partial charge in [0, 0.05) is 31.5 Å². The molecule has 0 bridgehead atoms. The Bertz CT molecular complexity index is 746. The van der Waals surface area contributed by atoms with Gasteiger partial charge in [-0.25, -0.2) is 4.68 Å². The fraction of sp³-hybridized carbons (Fsp3) is 0.529. The fourth-order valence-electron chi connectivity index (χ4n) is 3.30. The lowest BCUT2D eigenvalue weighted by Crippen LogP contribution is -2.40. The van der Waals surface area contributed by atoms with Crippen molar-refractivity contribution in [2.45, 2.75) is 27.2 Å². The molecule has 1 unspecified atom stereocenters. The van der Waals surface area contributed by atoms with Crippen LogP contribution in [0.1, 0.15) is 27.2 Å². The number of ether oxygens (including phenoxy) is 1. The van der Waals surface area contributed by atoms with Crippen molar-refractivity contribution < 1.29 is 9.53 Å². The number of nitrogen functional groups attached to an aromatic ring is 1. The minimum absolute atomic E-state index is 0.137. The van der Waals surface area contributed by atoms with Crippen LogP contribution in [0.25, 0.3) is 5.82 Å². The zero-order valence-corrected chi connectivity index (χ0v) is 14.8. The van der Waals surface area contributed by atoms with Crippen LogP contribution in [-0.4, -0.2) is 45.4 Å². The van der Waals surface area contributed by atoms with Crippen LogP contribution in [0.5, 0.6) is 0 Å². The van der Waals surface area contributed by atoms with E-state index in [2.05, 4.69) is 33.8 Å². The van der Waals surface area contributed by atoms with Gasteiger partial charge in [0.1, 0.15) is 5.82 Å². The number of rotatable bonds is 5. The van der Waals surface area contributed by atoms with Crippen LogP contribution < -0.4 is 10.6 Å². The second kappa shape index (κ2) is 6.70. The summed E-state index contributed by atoms with van der Waals surface area (Å²) in [5.41, 5.74) is 5.36. The van der Waals surface area contributed by atoms with Gasteiger partial charge in [-0.3, -0.25) is 4.79 Å². The molecular weight excluding hydrogens is 320 g/mol. The molecule has 8 nitrogen and oxygen atoms in total. The predicted octanol–water partition coefficient (Wildman–Crippen LogP) is 1.66. The maximum absolute atomic E-state index is 12.6. The molecule has 0 saturated carbocycles. The number of carbonyl (C=O) groups is 1. The normalized spacial score (nSPS) is 20.2. The maximum Gasteiger partial charge on any atom is 0.314 e. The Balaban J connectivity index is 1.90. The SMILES string of the molecule is CCOC(=O)C1(C(C)C)CCN(c2cc(-n3cccn3)nc(N)n2)C1. The van der Waals surface area contributed by atoms with E-state index in [0.717, 1.165) is 6.42 Å². The lowest BCUT2D eigenvalue weighted by atomic mass is 9.76. The summed E-state index contributed by atoms with van der Waals surface area (Å²) in [5, 5.41) is 4.18. The first-order valence-corrected chi connectivity index (χ1v) is 8.53. The molecule has 2 aromatic rings. The van der Waals surface area contributed by atoms with Crippen LogP contribution in [0.3, 0.4) is 0 Å². The van der Waals surface area contributed by atoms with Gasteiger partial charge in [0.05, 0.1) is 12.0 Å². The number of hydrogen-bond acceptors (Lipinski definition) is 7. The van der Waals surface area contributed by atoms with E-state index in [9.17, 15) is 4.79 Å². The van der Waals surface area contributed by atoms with Crippen molar-refractivity contribution in [3.63, 3.8) is 0 Å². The van der Waals surface area contributed by atoms with E-state index in [1.807, 2.05) is 19.1 Å². The van der Waals surface area contributed by atoms with Crippen molar-refractivity contribution in [2.24, 2.45) is 11.3 Å².